The lowest BCUT2D eigenvalue weighted by molar-refractivity contribution is -0.154. The number of fused-ring (bicyclic) bond motifs is 1. The van der Waals surface area contributed by atoms with Crippen LogP contribution in [0.15, 0.2) is 11.6 Å². The molecule has 1 atom stereocenters. The van der Waals surface area contributed by atoms with Crippen LogP contribution in [-0.2, 0) is 19.1 Å². The van der Waals surface area contributed by atoms with E-state index in [1.807, 2.05) is 0 Å². The SMILES string of the molecule is Cc1cc(F)c(F)c2c1C(O)=C(C(=O)NCC(=O)OC(C)(C)C)C(=O)C2C. The highest BCUT2D eigenvalue weighted by molar-refractivity contribution is 6.27. The number of amides is 1. The molecule has 8 heteroatoms. The van der Waals surface area contributed by atoms with Crippen LogP contribution in [0.3, 0.4) is 0 Å². The number of Topliss-reactive ketones (excluding diaryl/α,β-unsaturated/α-hetero) is 1. The lowest BCUT2D eigenvalue weighted by Gasteiger charge is -2.25. The standard InChI is InChI=1S/C19H21F2NO5/c1-8-6-10(20)15(21)13-9(2)16(24)14(17(25)12(8)13)18(26)22-7-11(23)27-19(3,4)5/h6,9,25H,7H2,1-5H3,(H,22,26). The van der Waals surface area contributed by atoms with Crippen LogP contribution in [0.1, 0.15) is 50.3 Å². The van der Waals surface area contributed by atoms with Crippen LogP contribution in [0, 0.1) is 18.6 Å². The summed E-state index contributed by atoms with van der Waals surface area (Å²) in [5.74, 6) is -6.89. The largest absolute Gasteiger partial charge is 0.506 e. The van der Waals surface area contributed by atoms with Crippen molar-refractivity contribution >= 4 is 23.4 Å². The van der Waals surface area contributed by atoms with E-state index in [1.54, 1.807) is 20.8 Å². The van der Waals surface area contributed by atoms with Crippen molar-refractivity contribution in [3.63, 3.8) is 0 Å². The molecule has 1 unspecified atom stereocenters. The van der Waals surface area contributed by atoms with Gasteiger partial charge in [0.2, 0.25) is 0 Å². The minimum absolute atomic E-state index is 0.0941. The first-order chi connectivity index (χ1) is 12.3. The maximum Gasteiger partial charge on any atom is 0.325 e. The van der Waals surface area contributed by atoms with Gasteiger partial charge >= 0.3 is 5.97 Å². The Labute approximate surface area is 155 Å². The topological polar surface area (TPSA) is 92.7 Å². The molecular weight excluding hydrogens is 360 g/mol. The third kappa shape index (κ3) is 3.99. The van der Waals surface area contributed by atoms with Crippen molar-refractivity contribution in [3.8, 4) is 0 Å². The molecule has 27 heavy (non-hydrogen) atoms. The van der Waals surface area contributed by atoms with Gasteiger partial charge in [-0.2, -0.15) is 0 Å². The van der Waals surface area contributed by atoms with Gasteiger partial charge in [-0.3, -0.25) is 14.4 Å². The number of aliphatic hydroxyl groups excluding tert-OH is 1. The monoisotopic (exact) mass is 381 g/mol. The van der Waals surface area contributed by atoms with Crippen LogP contribution in [0.2, 0.25) is 0 Å². The van der Waals surface area contributed by atoms with Gasteiger partial charge in [-0.05, 0) is 39.3 Å². The van der Waals surface area contributed by atoms with Crippen molar-refractivity contribution in [2.75, 3.05) is 6.54 Å². The highest BCUT2D eigenvalue weighted by Gasteiger charge is 2.39. The third-order valence-corrected chi connectivity index (χ3v) is 4.04. The smallest absolute Gasteiger partial charge is 0.325 e. The summed E-state index contributed by atoms with van der Waals surface area (Å²) in [6.45, 7) is 7.19. The van der Waals surface area contributed by atoms with Crippen molar-refractivity contribution in [1.29, 1.82) is 0 Å². The summed E-state index contributed by atoms with van der Waals surface area (Å²) in [6, 6.07) is 0.878. The molecule has 146 valence electrons. The highest BCUT2D eigenvalue weighted by atomic mass is 19.2. The molecule has 0 aliphatic heterocycles. The lowest BCUT2D eigenvalue weighted by atomic mass is 9.79. The Hall–Kier alpha value is -2.77. The van der Waals surface area contributed by atoms with E-state index in [2.05, 4.69) is 5.32 Å². The number of hydrogen-bond donors (Lipinski definition) is 2. The van der Waals surface area contributed by atoms with E-state index >= 15 is 0 Å². The van der Waals surface area contributed by atoms with Crippen molar-refractivity contribution in [2.45, 2.75) is 46.1 Å². The predicted octanol–water partition coefficient (Wildman–Crippen LogP) is 2.69. The number of carbonyl (C=O) groups excluding carboxylic acids is 3. The molecule has 0 radical (unpaired) electrons. The summed E-state index contributed by atoms with van der Waals surface area (Å²) in [5, 5.41) is 12.6. The number of aliphatic hydroxyl groups is 1. The van der Waals surface area contributed by atoms with E-state index in [0.29, 0.717) is 0 Å². The zero-order chi connectivity index (χ0) is 20.7. The number of benzene rings is 1. The first-order valence-corrected chi connectivity index (χ1v) is 8.31. The Morgan fingerprint density at radius 3 is 2.44 bits per heavy atom. The van der Waals surface area contributed by atoms with Gasteiger partial charge < -0.3 is 15.2 Å². The maximum atomic E-state index is 14.2. The average Bonchev–Trinajstić information content (AvgIpc) is 2.52. The van der Waals surface area contributed by atoms with Gasteiger partial charge in [-0.1, -0.05) is 6.92 Å². The van der Waals surface area contributed by atoms with E-state index in [1.165, 1.54) is 13.8 Å². The number of halogens is 2. The first kappa shape index (κ1) is 20.5. The minimum Gasteiger partial charge on any atom is -0.506 e. The normalized spacial score (nSPS) is 16.9. The molecule has 0 heterocycles. The van der Waals surface area contributed by atoms with E-state index in [0.717, 1.165) is 6.07 Å². The van der Waals surface area contributed by atoms with Gasteiger partial charge in [0.05, 0.1) is 0 Å². The molecule has 1 aliphatic rings. The molecule has 2 rings (SSSR count). The number of carbonyl (C=O) groups is 3. The zero-order valence-corrected chi connectivity index (χ0v) is 15.7. The fraction of sp³-hybridized carbons (Fsp3) is 0.421. The molecule has 0 fully saturated rings. The minimum atomic E-state index is -1.24. The van der Waals surface area contributed by atoms with Crippen molar-refractivity contribution in [3.05, 3.63) is 40.0 Å². The summed E-state index contributed by atoms with van der Waals surface area (Å²) in [4.78, 5) is 36.6. The number of rotatable bonds is 3. The van der Waals surface area contributed by atoms with Crippen molar-refractivity contribution < 1.29 is 33.0 Å². The number of hydrogen-bond acceptors (Lipinski definition) is 5. The summed E-state index contributed by atoms with van der Waals surface area (Å²) in [6.07, 6.45) is 0. The number of esters is 1. The molecule has 1 amide bonds. The molecule has 1 aromatic rings. The van der Waals surface area contributed by atoms with Crippen LogP contribution in [0.4, 0.5) is 8.78 Å². The summed E-state index contributed by atoms with van der Waals surface area (Å²) in [5.41, 5.74) is -1.57. The van der Waals surface area contributed by atoms with Crippen molar-refractivity contribution in [2.24, 2.45) is 0 Å². The Kier molecular flexibility index (Phi) is 5.40. The van der Waals surface area contributed by atoms with Gasteiger partial charge in [-0.15, -0.1) is 0 Å². The maximum absolute atomic E-state index is 14.2. The van der Waals surface area contributed by atoms with Gasteiger partial charge in [0.15, 0.2) is 17.4 Å². The Morgan fingerprint density at radius 1 is 1.30 bits per heavy atom. The third-order valence-electron chi connectivity index (χ3n) is 4.04. The van der Waals surface area contributed by atoms with E-state index < -0.39 is 58.7 Å². The lowest BCUT2D eigenvalue weighted by Crippen LogP contribution is -2.38. The van der Waals surface area contributed by atoms with Crippen LogP contribution in [-0.4, -0.2) is 34.9 Å². The summed E-state index contributed by atoms with van der Waals surface area (Å²) < 4.78 is 32.9. The zero-order valence-electron chi connectivity index (χ0n) is 15.7. The van der Waals surface area contributed by atoms with Gasteiger partial charge in [0.1, 0.15) is 23.5 Å². The Morgan fingerprint density at radius 2 is 1.89 bits per heavy atom. The second-order valence-corrected chi connectivity index (χ2v) is 7.36. The molecular formula is C19H21F2NO5. The molecule has 1 aromatic carbocycles. The quantitative estimate of drug-likeness (QED) is 0.620. The molecule has 2 N–H and O–H groups in total. The number of nitrogens with one attached hydrogen (secondary N) is 1. The fourth-order valence-electron chi connectivity index (χ4n) is 2.92. The number of ketones is 1. The van der Waals surface area contributed by atoms with Gasteiger partial charge in [0.25, 0.3) is 5.91 Å². The average molecular weight is 381 g/mol. The molecule has 0 aromatic heterocycles. The summed E-state index contributed by atoms with van der Waals surface area (Å²) in [7, 11) is 0. The Bertz CT molecular complexity index is 868. The molecule has 6 nitrogen and oxygen atoms in total. The number of aryl methyl sites for hydroxylation is 1. The van der Waals surface area contributed by atoms with Crippen molar-refractivity contribution in [1.82, 2.24) is 5.32 Å². The van der Waals surface area contributed by atoms with Gasteiger partial charge in [0, 0.05) is 17.0 Å². The molecule has 0 bridgehead atoms. The molecule has 0 saturated carbocycles. The van der Waals surface area contributed by atoms with Crippen LogP contribution in [0.5, 0.6) is 0 Å². The van der Waals surface area contributed by atoms with Crippen LogP contribution in [0.25, 0.3) is 5.76 Å². The number of ether oxygens (including phenoxy) is 1. The van der Waals surface area contributed by atoms with Gasteiger partial charge in [-0.25, -0.2) is 8.78 Å². The second kappa shape index (κ2) is 7.09. The van der Waals surface area contributed by atoms with E-state index in [9.17, 15) is 28.3 Å². The van der Waals surface area contributed by atoms with Crippen LogP contribution < -0.4 is 5.32 Å². The fourth-order valence-corrected chi connectivity index (χ4v) is 2.92. The van der Waals surface area contributed by atoms with Crippen LogP contribution >= 0.6 is 0 Å². The second-order valence-electron chi connectivity index (χ2n) is 7.36. The Balaban J connectivity index is 2.38. The van der Waals surface area contributed by atoms with E-state index in [-0.39, 0.29) is 16.7 Å². The molecule has 0 spiro atoms. The highest BCUT2D eigenvalue weighted by Crippen LogP contribution is 2.39. The molecule has 0 saturated heterocycles. The first-order valence-electron chi connectivity index (χ1n) is 8.31. The summed E-state index contributed by atoms with van der Waals surface area (Å²) >= 11 is 0. The predicted molar refractivity (Wildman–Crippen MR) is 92.9 cm³/mol. The molecule has 1 aliphatic carbocycles. The van der Waals surface area contributed by atoms with E-state index in [4.69, 9.17) is 4.74 Å².